The number of carbonyl (C=O) groups is 1. The molecule has 0 aromatic carbocycles. The molecule has 0 unspecified atom stereocenters. The lowest BCUT2D eigenvalue weighted by molar-refractivity contribution is 0.0525. The highest BCUT2D eigenvalue weighted by atomic mass is 16.5. The van der Waals surface area contributed by atoms with E-state index in [2.05, 4.69) is 20.2 Å². The van der Waals surface area contributed by atoms with Crippen LogP contribution in [0.25, 0.3) is 0 Å². The Labute approximate surface area is 105 Å². The van der Waals surface area contributed by atoms with Crippen LogP contribution in [0.3, 0.4) is 0 Å². The van der Waals surface area contributed by atoms with Crippen LogP contribution in [0.1, 0.15) is 23.7 Å². The van der Waals surface area contributed by atoms with Gasteiger partial charge in [-0.1, -0.05) is 0 Å². The third kappa shape index (κ3) is 1.92. The first-order valence-electron chi connectivity index (χ1n) is 6.27. The number of rotatable bonds is 3. The SMILES string of the molecule is CCOC(=O)c1cnc(N2C[C@H]3C[C@@H]2CN3)nc1. The standard InChI is InChI=1S/C12H16N4O2/c1-2-18-11(17)8-4-14-12(15-5-8)16-7-9-3-10(16)6-13-9/h4-5,9-10,13H,2-3,6-7H2,1H3/t9-,10-/m1/s1. The van der Waals surface area contributed by atoms with Crippen molar-refractivity contribution in [3.8, 4) is 0 Å². The third-order valence-corrected chi connectivity index (χ3v) is 3.46. The van der Waals surface area contributed by atoms with Crippen LogP contribution in [0.4, 0.5) is 5.95 Å². The number of piperazine rings is 1. The van der Waals surface area contributed by atoms with Crippen molar-refractivity contribution < 1.29 is 9.53 Å². The first kappa shape index (κ1) is 11.4. The van der Waals surface area contributed by atoms with E-state index in [9.17, 15) is 4.79 Å². The molecule has 2 aliphatic rings. The lowest BCUT2D eigenvalue weighted by atomic mass is 10.2. The topological polar surface area (TPSA) is 67.3 Å². The lowest BCUT2D eigenvalue weighted by Gasteiger charge is -2.27. The summed E-state index contributed by atoms with van der Waals surface area (Å²) in [5.74, 6) is 0.339. The maximum Gasteiger partial charge on any atom is 0.341 e. The smallest absolute Gasteiger partial charge is 0.341 e. The van der Waals surface area contributed by atoms with Gasteiger partial charge >= 0.3 is 5.97 Å². The number of ether oxygens (including phenoxy) is 1. The number of anilines is 1. The highest BCUT2D eigenvalue weighted by molar-refractivity contribution is 5.88. The Morgan fingerprint density at radius 2 is 2.33 bits per heavy atom. The van der Waals surface area contributed by atoms with Gasteiger partial charge in [-0.15, -0.1) is 0 Å². The minimum atomic E-state index is -0.367. The number of aromatic nitrogens is 2. The first-order chi connectivity index (χ1) is 8.78. The fraction of sp³-hybridized carbons (Fsp3) is 0.583. The van der Waals surface area contributed by atoms with Crippen molar-refractivity contribution in [2.75, 3.05) is 24.6 Å². The molecule has 0 saturated carbocycles. The van der Waals surface area contributed by atoms with Gasteiger partial charge in [-0.2, -0.15) is 0 Å². The molecule has 1 aromatic rings. The molecule has 18 heavy (non-hydrogen) atoms. The summed E-state index contributed by atoms with van der Waals surface area (Å²) in [6.07, 6.45) is 4.24. The van der Waals surface area contributed by atoms with Gasteiger partial charge in [0.1, 0.15) is 0 Å². The maximum atomic E-state index is 11.5. The van der Waals surface area contributed by atoms with Crippen LogP contribution in [0.15, 0.2) is 12.4 Å². The van der Waals surface area contributed by atoms with E-state index in [4.69, 9.17) is 4.74 Å². The Morgan fingerprint density at radius 1 is 1.56 bits per heavy atom. The molecule has 0 aliphatic carbocycles. The zero-order valence-electron chi connectivity index (χ0n) is 10.3. The molecule has 2 bridgehead atoms. The molecule has 0 amide bonds. The van der Waals surface area contributed by atoms with Gasteiger partial charge in [-0.25, -0.2) is 14.8 Å². The van der Waals surface area contributed by atoms with E-state index in [0.29, 0.717) is 30.2 Å². The molecule has 0 radical (unpaired) electrons. The summed E-state index contributed by atoms with van der Waals surface area (Å²) in [5.41, 5.74) is 0.406. The number of hydrogen-bond acceptors (Lipinski definition) is 6. The Hall–Kier alpha value is -1.69. The molecule has 2 saturated heterocycles. The molecule has 1 aromatic heterocycles. The summed E-state index contributed by atoms with van der Waals surface area (Å²) in [7, 11) is 0. The second kappa shape index (κ2) is 4.53. The minimum Gasteiger partial charge on any atom is -0.462 e. The highest BCUT2D eigenvalue weighted by Crippen LogP contribution is 2.26. The van der Waals surface area contributed by atoms with Crippen LogP contribution in [0.2, 0.25) is 0 Å². The molecule has 96 valence electrons. The van der Waals surface area contributed by atoms with Crippen LogP contribution in [-0.2, 0) is 4.74 Å². The van der Waals surface area contributed by atoms with E-state index in [1.807, 2.05) is 0 Å². The maximum absolute atomic E-state index is 11.5. The molecule has 3 heterocycles. The molecule has 0 spiro atoms. The van der Waals surface area contributed by atoms with Gasteiger partial charge in [0.25, 0.3) is 0 Å². The van der Waals surface area contributed by atoms with Gasteiger partial charge in [-0.3, -0.25) is 0 Å². The average molecular weight is 248 g/mol. The molecule has 2 aliphatic heterocycles. The van der Waals surface area contributed by atoms with Crippen molar-refractivity contribution in [1.29, 1.82) is 0 Å². The van der Waals surface area contributed by atoms with E-state index in [1.54, 1.807) is 19.3 Å². The van der Waals surface area contributed by atoms with E-state index in [-0.39, 0.29) is 5.97 Å². The van der Waals surface area contributed by atoms with E-state index in [0.717, 1.165) is 19.5 Å². The van der Waals surface area contributed by atoms with Crippen LogP contribution in [0, 0.1) is 0 Å². The Bertz CT molecular complexity index is 448. The molecular formula is C12H16N4O2. The molecule has 2 atom stereocenters. The summed E-state index contributed by atoms with van der Waals surface area (Å²) >= 11 is 0. The molecule has 2 fully saturated rings. The van der Waals surface area contributed by atoms with Crippen LogP contribution >= 0.6 is 0 Å². The zero-order chi connectivity index (χ0) is 12.5. The van der Waals surface area contributed by atoms with Gasteiger partial charge in [-0.05, 0) is 13.3 Å². The van der Waals surface area contributed by atoms with Crippen LogP contribution in [0.5, 0.6) is 0 Å². The van der Waals surface area contributed by atoms with Gasteiger partial charge in [0.05, 0.1) is 12.2 Å². The van der Waals surface area contributed by atoms with Gasteiger partial charge < -0.3 is 15.0 Å². The lowest BCUT2D eigenvalue weighted by Crippen LogP contribution is -2.44. The average Bonchev–Trinajstić information content (AvgIpc) is 3.01. The van der Waals surface area contributed by atoms with Crippen molar-refractivity contribution in [2.45, 2.75) is 25.4 Å². The summed E-state index contributed by atoms with van der Waals surface area (Å²) in [4.78, 5) is 22.2. The summed E-state index contributed by atoms with van der Waals surface area (Å²) in [5, 5.41) is 3.43. The minimum absolute atomic E-state index is 0.363. The monoisotopic (exact) mass is 248 g/mol. The van der Waals surface area contributed by atoms with Crippen molar-refractivity contribution in [3.63, 3.8) is 0 Å². The van der Waals surface area contributed by atoms with Gasteiger partial charge in [0, 0.05) is 37.6 Å². The Balaban J connectivity index is 1.73. The van der Waals surface area contributed by atoms with Crippen molar-refractivity contribution >= 4 is 11.9 Å². The summed E-state index contributed by atoms with van der Waals surface area (Å²) in [6.45, 7) is 4.08. The van der Waals surface area contributed by atoms with Gasteiger partial charge in [0.2, 0.25) is 5.95 Å². The molecule has 1 N–H and O–H groups in total. The second-order valence-electron chi connectivity index (χ2n) is 4.64. The zero-order valence-corrected chi connectivity index (χ0v) is 10.3. The third-order valence-electron chi connectivity index (χ3n) is 3.46. The van der Waals surface area contributed by atoms with Crippen molar-refractivity contribution in [3.05, 3.63) is 18.0 Å². The normalized spacial score (nSPS) is 25.5. The molecular weight excluding hydrogens is 232 g/mol. The summed E-state index contributed by atoms with van der Waals surface area (Å²) in [6, 6.07) is 1.05. The number of esters is 1. The fourth-order valence-electron chi connectivity index (χ4n) is 2.60. The first-order valence-corrected chi connectivity index (χ1v) is 6.27. The molecule has 3 rings (SSSR count). The van der Waals surface area contributed by atoms with E-state index >= 15 is 0 Å². The fourth-order valence-corrected chi connectivity index (χ4v) is 2.60. The predicted molar refractivity (Wildman–Crippen MR) is 65.5 cm³/mol. The molecule has 6 nitrogen and oxygen atoms in total. The second-order valence-corrected chi connectivity index (χ2v) is 4.64. The van der Waals surface area contributed by atoms with Crippen LogP contribution < -0.4 is 10.2 Å². The van der Waals surface area contributed by atoms with Crippen molar-refractivity contribution in [2.24, 2.45) is 0 Å². The predicted octanol–water partition coefficient (Wildman–Crippen LogP) is 0.204. The number of fused-ring (bicyclic) bond motifs is 2. The molecule has 6 heteroatoms. The summed E-state index contributed by atoms with van der Waals surface area (Å²) < 4.78 is 4.90. The Kier molecular flexibility index (Phi) is 2.87. The van der Waals surface area contributed by atoms with Gasteiger partial charge in [0.15, 0.2) is 0 Å². The van der Waals surface area contributed by atoms with Crippen molar-refractivity contribution in [1.82, 2.24) is 15.3 Å². The highest BCUT2D eigenvalue weighted by Gasteiger charge is 2.38. The van der Waals surface area contributed by atoms with E-state index in [1.165, 1.54) is 0 Å². The Morgan fingerprint density at radius 3 is 2.89 bits per heavy atom. The van der Waals surface area contributed by atoms with Crippen LogP contribution in [-0.4, -0.2) is 47.7 Å². The number of hydrogen-bond donors (Lipinski definition) is 1. The van der Waals surface area contributed by atoms with E-state index < -0.39 is 0 Å². The largest absolute Gasteiger partial charge is 0.462 e. The quantitative estimate of drug-likeness (QED) is 0.771. The number of nitrogens with one attached hydrogen (secondary N) is 1. The number of carbonyl (C=O) groups excluding carboxylic acids is 1. The number of nitrogens with zero attached hydrogens (tertiary/aromatic N) is 3.